The van der Waals surface area contributed by atoms with Crippen LogP contribution in [0.3, 0.4) is 0 Å². The van der Waals surface area contributed by atoms with Gasteiger partial charge in [-0.1, -0.05) is 0 Å². The molecule has 0 aromatic carbocycles. The van der Waals surface area contributed by atoms with E-state index in [1.807, 2.05) is 0 Å². The molecule has 0 aliphatic heterocycles. The van der Waals surface area contributed by atoms with Crippen molar-refractivity contribution in [3.63, 3.8) is 0 Å². The Balaban J connectivity index is 2.00. The summed E-state index contributed by atoms with van der Waals surface area (Å²) in [5, 5.41) is 2.88. The number of carbonyl (C=O) groups is 1. The summed E-state index contributed by atoms with van der Waals surface area (Å²) < 4.78 is 4.90. The smallest absolute Gasteiger partial charge is 0.322 e. The van der Waals surface area contributed by atoms with Crippen molar-refractivity contribution in [3.05, 3.63) is 0 Å². The molecule has 0 bridgehead atoms. The quantitative estimate of drug-likeness (QED) is 0.704. The molecule has 0 radical (unpaired) electrons. The Labute approximate surface area is 105 Å². The van der Waals surface area contributed by atoms with Crippen molar-refractivity contribution >= 4 is 17.8 Å². The number of methoxy groups -OCH3 is 1. The predicted molar refractivity (Wildman–Crippen MR) is 65.2 cm³/mol. The molecule has 98 valence electrons. The average molecular weight is 252 g/mol. The van der Waals surface area contributed by atoms with E-state index in [0.717, 1.165) is 12.8 Å². The summed E-state index contributed by atoms with van der Waals surface area (Å²) in [6.07, 6.45) is 2.12. The van der Waals surface area contributed by atoms with Gasteiger partial charge in [0.25, 0.3) is 0 Å². The molecule has 1 amide bonds. The first-order valence-electron chi connectivity index (χ1n) is 5.64. The van der Waals surface area contributed by atoms with Crippen LogP contribution in [-0.4, -0.2) is 47.6 Å². The number of aromatic nitrogens is 3. The molecule has 1 saturated carbocycles. The van der Waals surface area contributed by atoms with Crippen LogP contribution in [0.25, 0.3) is 0 Å². The van der Waals surface area contributed by atoms with E-state index in [9.17, 15) is 4.79 Å². The van der Waals surface area contributed by atoms with Crippen LogP contribution in [0.4, 0.5) is 11.9 Å². The second-order valence-electron chi connectivity index (χ2n) is 4.18. The predicted octanol–water partition coefficient (Wildman–Crippen LogP) is -0.823. The first-order chi connectivity index (χ1) is 8.58. The fourth-order valence-electron chi connectivity index (χ4n) is 1.41. The minimum atomic E-state index is -0.0575. The second-order valence-corrected chi connectivity index (χ2v) is 4.18. The van der Waals surface area contributed by atoms with Gasteiger partial charge >= 0.3 is 6.01 Å². The lowest BCUT2D eigenvalue weighted by Gasteiger charge is -2.16. The van der Waals surface area contributed by atoms with E-state index in [-0.39, 0.29) is 24.4 Å². The molecular weight excluding hydrogens is 236 g/mol. The molecule has 0 spiro atoms. The third-order valence-corrected chi connectivity index (χ3v) is 2.47. The molecule has 2 rings (SSSR count). The number of anilines is 2. The van der Waals surface area contributed by atoms with Crippen molar-refractivity contribution in [2.75, 3.05) is 31.3 Å². The summed E-state index contributed by atoms with van der Waals surface area (Å²) in [6, 6.07) is 0.468. The minimum absolute atomic E-state index is 0.0575. The van der Waals surface area contributed by atoms with Gasteiger partial charge in [-0.2, -0.15) is 15.0 Å². The molecule has 8 nitrogen and oxygen atoms in total. The second kappa shape index (κ2) is 5.03. The van der Waals surface area contributed by atoms with Crippen LogP contribution in [0.15, 0.2) is 0 Å². The van der Waals surface area contributed by atoms with E-state index < -0.39 is 0 Å². The number of nitrogens with two attached hydrogens (primary N) is 1. The van der Waals surface area contributed by atoms with E-state index in [2.05, 4.69) is 20.3 Å². The lowest BCUT2D eigenvalue weighted by molar-refractivity contribution is -0.119. The van der Waals surface area contributed by atoms with Crippen molar-refractivity contribution in [1.29, 1.82) is 0 Å². The summed E-state index contributed by atoms with van der Waals surface area (Å²) in [7, 11) is 3.15. The first-order valence-corrected chi connectivity index (χ1v) is 5.64. The van der Waals surface area contributed by atoms with Crippen LogP contribution in [0.5, 0.6) is 6.01 Å². The largest absolute Gasteiger partial charge is 0.467 e. The number of hydrogen-bond donors (Lipinski definition) is 2. The number of nitrogens with one attached hydrogen (secondary N) is 1. The lowest BCUT2D eigenvalue weighted by Crippen LogP contribution is -2.37. The Kier molecular flexibility index (Phi) is 3.45. The van der Waals surface area contributed by atoms with Gasteiger partial charge in [0.2, 0.25) is 17.8 Å². The van der Waals surface area contributed by atoms with Gasteiger partial charge in [-0.25, -0.2) is 0 Å². The number of hydrogen-bond acceptors (Lipinski definition) is 7. The maximum atomic E-state index is 11.6. The number of carbonyl (C=O) groups excluding carboxylic acids is 1. The Bertz CT molecular complexity index is 448. The molecule has 1 aliphatic rings. The molecule has 18 heavy (non-hydrogen) atoms. The molecule has 0 saturated heterocycles. The highest BCUT2D eigenvalue weighted by Gasteiger charge is 2.24. The zero-order valence-corrected chi connectivity index (χ0v) is 10.4. The topological polar surface area (TPSA) is 106 Å². The molecule has 0 unspecified atom stereocenters. The van der Waals surface area contributed by atoms with Gasteiger partial charge in [-0.15, -0.1) is 0 Å². The van der Waals surface area contributed by atoms with Gasteiger partial charge in [-0.3, -0.25) is 4.79 Å². The van der Waals surface area contributed by atoms with Crippen molar-refractivity contribution in [2.24, 2.45) is 0 Å². The lowest BCUT2D eigenvalue weighted by atomic mass is 10.5. The fraction of sp³-hybridized carbons (Fsp3) is 0.600. The van der Waals surface area contributed by atoms with Crippen LogP contribution < -0.4 is 20.7 Å². The van der Waals surface area contributed by atoms with Gasteiger partial charge in [0, 0.05) is 13.1 Å². The standard InChI is InChI=1S/C10H16N6O2/c1-16(5-7(17)12-6-3-4-6)9-13-8(11)14-10(15-9)18-2/h6H,3-5H2,1-2H3,(H,12,17)(H2,11,13,14,15). The highest BCUT2D eigenvalue weighted by Crippen LogP contribution is 2.18. The Morgan fingerprint density at radius 1 is 1.50 bits per heavy atom. The molecule has 3 N–H and O–H groups in total. The molecule has 1 fully saturated rings. The average Bonchev–Trinajstić information content (AvgIpc) is 3.11. The number of amides is 1. The molecule has 8 heteroatoms. The van der Waals surface area contributed by atoms with Crippen LogP contribution >= 0.6 is 0 Å². The first kappa shape index (κ1) is 12.3. The number of likely N-dealkylation sites (N-methyl/N-ethyl adjacent to an activating group) is 1. The van der Waals surface area contributed by atoms with Crippen molar-refractivity contribution in [1.82, 2.24) is 20.3 Å². The van der Waals surface area contributed by atoms with Crippen LogP contribution in [0.1, 0.15) is 12.8 Å². The van der Waals surface area contributed by atoms with E-state index in [0.29, 0.717) is 12.0 Å². The fourth-order valence-corrected chi connectivity index (χ4v) is 1.41. The van der Waals surface area contributed by atoms with Crippen LogP contribution in [0.2, 0.25) is 0 Å². The zero-order chi connectivity index (χ0) is 13.1. The van der Waals surface area contributed by atoms with Crippen LogP contribution in [0, 0.1) is 0 Å². The maximum absolute atomic E-state index is 11.6. The Hall–Kier alpha value is -2.12. The van der Waals surface area contributed by atoms with Gasteiger partial charge in [-0.05, 0) is 12.8 Å². The van der Waals surface area contributed by atoms with Crippen molar-refractivity contribution in [3.8, 4) is 6.01 Å². The third kappa shape index (κ3) is 3.19. The van der Waals surface area contributed by atoms with Gasteiger partial charge in [0.1, 0.15) is 0 Å². The van der Waals surface area contributed by atoms with Crippen molar-refractivity contribution in [2.45, 2.75) is 18.9 Å². The number of rotatable bonds is 5. The number of nitrogen functional groups attached to an aromatic ring is 1. The summed E-state index contributed by atoms with van der Waals surface area (Å²) in [5.41, 5.74) is 5.52. The van der Waals surface area contributed by atoms with Gasteiger partial charge in [0.15, 0.2) is 0 Å². The maximum Gasteiger partial charge on any atom is 0.322 e. The number of ether oxygens (including phenoxy) is 1. The third-order valence-electron chi connectivity index (χ3n) is 2.47. The van der Waals surface area contributed by atoms with E-state index >= 15 is 0 Å². The SMILES string of the molecule is COc1nc(N)nc(N(C)CC(=O)NC2CC2)n1. The minimum Gasteiger partial charge on any atom is -0.467 e. The van der Waals surface area contributed by atoms with E-state index in [1.165, 1.54) is 7.11 Å². The van der Waals surface area contributed by atoms with Gasteiger partial charge < -0.3 is 20.7 Å². The molecule has 1 aliphatic carbocycles. The highest BCUT2D eigenvalue weighted by atomic mass is 16.5. The summed E-state index contributed by atoms with van der Waals surface area (Å²) >= 11 is 0. The monoisotopic (exact) mass is 252 g/mol. The highest BCUT2D eigenvalue weighted by molar-refractivity contribution is 5.81. The Morgan fingerprint density at radius 2 is 2.22 bits per heavy atom. The summed E-state index contributed by atoms with van der Waals surface area (Å²) in [6.45, 7) is 0.170. The molecule has 0 atom stereocenters. The molecule has 1 aromatic rings. The van der Waals surface area contributed by atoms with E-state index in [1.54, 1.807) is 11.9 Å². The van der Waals surface area contributed by atoms with Crippen LogP contribution in [-0.2, 0) is 4.79 Å². The zero-order valence-electron chi connectivity index (χ0n) is 10.4. The van der Waals surface area contributed by atoms with Crippen molar-refractivity contribution < 1.29 is 9.53 Å². The normalized spacial score (nSPS) is 14.1. The van der Waals surface area contributed by atoms with Gasteiger partial charge in [0.05, 0.1) is 13.7 Å². The summed E-state index contributed by atoms with van der Waals surface area (Å²) in [5.74, 6) is 0.314. The number of nitrogens with zero attached hydrogens (tertiary/aromatic N) is 4. The molecular formula is C10H16N6O2. The van der Waals surface area contributed by atoms with E-state index in [4.69, 9.17) is 10.5 Å². The molecule has 1 heterocycles. The molecule has 1 aromatic heterocycles. The Morgan fingerprint density at radius 3 is 2.83 bits per heavy atom. The summed E-state index contributed by atoms with van der Waals surface area (Å²) in [4.78, 5) is 25.0.